The fourth-order valence-corrected chi connectivity index (χ4v) is 5.47. The Morgan fingerprint density at radius 2 is 1.70 bits per heavy atom. The average Bonchev–Trinajstić information content (AvgIpc) is 3.20. The molecule has 0 saturated carbocycles. The first kappa shape index (κ1) is 20.5. The molecule has 2 heterocycles. The standard InChI is InChI=1S/C21H15Cl2N3O3S/c22-17-2-1-3-18(23)20(17)30(28,29)16-7-4-13(5-8-16)6-9-19(27)14-10-15-12-25-26-21(15)24-11-14/h1-5,7-8,10-12H,6,9H2,(H,24,25,26). The van der Waals surface area contributed by atoms with Crippen molar-refractivity contribution in [2.75, 3.05) is 0 Å². The monoisotopic (exact) mass is 459 g/mol. The molecule has 0 atom stereocenters. The van der Waals surface area contributed by atoms with Crippen LogP contribution in [0.5, 0.6) is 0 Å². The van der Waals surface area contributed by atoms with Crippen molar-refractivity contribution in [2.45, 2.75) is 22.6 Å². The Kier molecular flexibility index (Phi) is 5.60. The van der Waals surface area contributed by atoms with Crippen LogP contribution >= 0.6 is 23.2 Å². The van der Waals surface area contributed by atoms with Crippen molar-refractivity contribution in [3.8, 4) is 0 Å². The first-order valence-electron chi connectivity index (χ1n) is 8.96. The van der Waals surface area contributed by atoms with Crippen molar-refractivity contribution in [3.63, 3.8) is 0 Å². The summed E-state index contributed by atoms with van der Waals surface area (Å²) in [6, 6.07) is 12.7. The summed E-state index contributed by atoms with van der Waals surface area (Å²) < 4.78 is 25.8. The van der Waals surface area contributed by atoms with Crippen LogP contribution in [0.4, 0.5) is 0 Å². The second kappa shape index (κ2) is 8.18. The lowest BCUT2D eigenvalue weighted by molar-refractivity contribution is 0.0982. The summed E-state index contributed by atoms with van der Waals surface area (Å²) in [6.45, 7) is 0. The van der Waals surface area contributed by atoms with E-state index in [2.05, 4.69) is 15.2 Å². The minimum absolute atomic E-state index is 0.0508. The van der Waals surface area contributed by atoms with Gasteiger partial charge in [0, 0.05) is 23.6 Å². The van der Waals surface area contributed by atoms with Gasteiger partial charge in [0.15, 0.2) is 11.4 Å². The number of fused-ring (bicyclic) bond motifs is 1. The Morgan fingerprint density at radius 1 is 1.00 bits per heavy atom. The molecular weight excluding hydrogens is 445 g/mol. The fourth-order valence-electron chi connectivity index (χ4n) is 3.08. The summed E-state index contributed by atoms with van der Waals surface area (Å²) in [6.07, 6.45) is 3.87. The molecule has 0 radical (unpaired) electrons. The highest BCUT2D eigenvalue weighted by Gasteiger charge is 2.23. The fraction of sp³-hybridized carbons (Fsp3) is 0.0952. The maximum absolute atomic E-state index is 12.9. The number of aryl methyl sites for hydroxylation is 1. The molecule has 0 amide bonds. The van der Waals surface area contributed by atoms with E-state index in [9.17, 15) is 13.2 Å². The van der Waals surface area contributed by atoms with Crippen LogP contribution in [0.2, 0.25) is 10.0 Å². The summed E-state index contributed by atoms with van der Waals surface area (Å²) in [7, 11) is -3.85. The second-order valence-electron chi connectivity index (χ2n) is 6.65. The van der Waals surface area contributed by atoms with Crippen LogP contribution in [0.1, 0.15) is 22.3 Å². The zero-order valence-electron chi connectivity index (χ0n) is 15.5. The lowest BCUT2D eigenvalue weighted by Crippen LogP contribution is -2.05. The number of nitrogens with one attached hydrogen (secondary N) is 1. The van der Waals surface area contributed by atoms with Gasteiger partial charge in [0.05, 0.1) is 21.1 Å². The van der Waals surface area contributed by atoms with Gasteiger partial charge in [0.2, 0.25) is 9.84 Å². The molecule has 1 N–H and O–H groups in total. The lowest BCUT2D eigenvalue weighted by atomic mass is 10.0. The van der Waals surface area contributed by atoms with Gasteiger partial charge in [-0.3, -0.25) is 9.89 Å². The van der Waals surface area contributed by atoms with Gasteiger partial charge in [-0.25, -0.2) is 13.4 Å². The molecule has 6 nitrogen and oxygen atoms in total. The van der Waals surface area contributed by atoms with Crippen LogP contribution in [-0.2, 0) is 16.3 Å². The molecule has 30 heavy (non-hydrogen) atoms. The third kappa shape index (κ3) is 3.96. The topological polar surface area (TPSA) is 92.8 Å². The minimum Gasteiger partial charge on any atom is -0.294 e. The molecule has 2 aromatic carbocycles. The molecule has 9 heteroatoms. The van der Waals surface area contributed by atoms with Gasteiger partial charge in [-0.2, -0.15) is 5.10 Å². The Bertz CT molecular complexity index is 1330. The Morgan fingerprint density at radius 3 is 2.40 bits per heavy atom. The highest BCUT2D eigenvalue weighted by molar-refractivity contribution is 7.91. The number of carbonyl (C=O) groups excluding carboxylic acids is 1. The van der Waals surface area contributed by atoms with Gasteiger partial charge in [-0.15, -0.1) is 0 Å². The summed E-state index contributed by atoms with van der Waals surface area (Å²) in [5.41, 5.74) is 1.98. The quantitative estimate of drug-likeness (QED) is 0.413. The Labute approximate surface area is 182 Å². The highest BCUT2D eigenvalue weighted by Crippen LogP contribution is 2.33. The number of halogens is 2. The molecule has 0 saturated heterocycles. The van der Waals surface area contributed by atoms with E-state index in [-0.39, 0.29) is 32.0 Å². The van der Waals surface area contributed by atoms with Crippen molar-refractivity contribution >= 4 is 49.9 Å². The first-order valence-corrected chi connectivity index (χ1v) is 11.2. The van der Waals surface area contributed by atoms with E-state index >= 15 is 0 Å². The first-order chi connectivity index (χ1) is 14.4. The summed E-state index contributed by atoms with van der Waals surface area (Å²) >= 11 is 12.1. The number of hydrogen-bond acceptors (Lipinski definition) is 5. The van der Waals surface area contributed by atoms with Crippen LogP contribution in [0.25, 0.3) is 11.0 Å². The summed E-state index contributed by atoms with van der Waals surface area (Å²) in [5, 5.41) is 7.54. The van der Waals surface area contributed by atoms with E-state index in [0.717, 1.165) is 10.9 Å². The largest absolute Gasteiger partial charge is 0.294 e. The van der Waals surface area contributed by atoms with Crippen LogP contribution < -0.4 is 0 Å². The van der Waals surface area contributed by atoms with Crippen molar-refractivity contribution in [2.24, 2.45) is 0 Å². The number of aromatic nitrogens is 3. The number of nitrogens with zero attached hydrogens (tertiary/aromatic N) is 2. The van der Waals surface area contributed by atoms with Gasteiger partial charge in [0.1, 0.15) is 4.90 Å². The molecule has 4 rings (SSSR count). The van der Waals surface area contributed by atoms with Gasteiger partial charge >= 0.3 is 0 Å². The number of sulfone groups is 1. The number of pyridine rings is 1. The Hall–Kier alpha value is -2.74. The molecule has 2 aromatic heterocycles. The molecule has 0 spiro atoms. The minimum atomic E-state index is -3.85. The number of rotatable bonds is 6. The Balaban J connectivity index is 1.49. The molecule has 152 valence electrons. The number of hydrogen-bond donors (Lipinski definition) is 1. The SMILES string of the molecule is O=C(CCc1ccc(S(=O)(=O)c2c(Cl)cccc2Cl)cc1)c1cnc2[nH]ncc2c1. The van der Waals surface area contributed by atoms with Crippen LogP contribution in [0.15, 0.2) is 70.7 Å². The third-order valence-electron chi connectivity index (χ3n) is 4.68. The maximum Gasteiger partial charge on any atom is 0.209 e. The highest BCUT2D eigenvalue weighted by atomic mass is 35.5. The predicted molar refractivity (Wildman–Crippen MR) is 115 cm³/mol. The maximum atomic E-state index is 12.9. The smallest absolute Gasteiger partial charge is 0.209 e. The molecule has 0 aliphatic rings. The summed E-state index contributed by atoms with van der Waals surface area (Å²) in [4.78, 5) is 16.6. The number of Topliss-reactive ketones (excluding diaryl/α,β-unsaturated/α-hetero) is 1. The molecule has 0 aliphatic heterocycles. The second-order valence-corrected chi connectivity index (χ2v) is 9.35. The third-order valence-corrected chi connectivity index (χ3v) is 7.40. The van der Waals surface area contributed by atoms with Crippen molar-refractivity contribution in [3.05, 3.63) is 82.1 Å². The lowest BCUT2D eigenvalue weighted by Gasteiger charge is -2.09. The number of carbonyl (C=O) groups is 1. The molecule has 4 aromatic rings. The molecule has 0 unspecified atom stereocenters. The zero-order valence-corrected chi connectivity index (χ0v) is 17.8. The number of aromatic amines is 1. The van der Waals surface area contributed by atoms with Crippen molar-refractivity contribution in [1.82, 2.24) is 15.2 Å². The van der Waals surface area contributed by atoms with Crippen molar-refractivity contribution < 1.29 is 13.2 Å². The summed E-state index contributed by atoms with van der Waals surface area (Å²) in [5.74, 6) is -0.0508. The van der Waals surface area contributed by atoms with Crippen LogP contribution in [0.3, 0.4) is 0 Å². The van der Waals surface area contributed by atoms with Crippen LogP contribution in [0, 0.1) is 0 Å². The van der Waals surface area contributed by atoms with Gasteiger partial charge in [-0.1, -0.05) is 41.4 Å². The van der Waals surface area contributed by atoms with E-state index in [1.54, 1.807) is 30.5 Å². The van der Waals surface area contributed by atoms with E-state index in [0.29, 0.717) is 17.6 Å². The molecule has 0 bridgehead atoms. The van der Waals surface area contributed by atoms with Crippen LogP contribution in [-0.4, -0.2) is 29.4 Å². The van der Waals surface area contributed by atoms with Gasteiger partial charge < -0.3 is 0 Å². The molecule has 0 fully saturated rings. The number of benzene rings is 2. The molecule has 0 aliphatic carbocycles. The van der Waals surface area contributed by atoms with E-state index < -0.39 is 9.84 Å². The van der Waals surface area contributed by atoms with Crippen molar-refractivity contribution in [1.29, 1.82) is 0 Å². The predicted octanol–water partition coefficient (Wildman–Crippen LogP) is 4.91. The van der Waals surface area contributed by atoms with Gasteiger partial charge in [-0.05, 0) is 42.3 Å². The normalized spacial score (nSPS) is 11.7. The van der Waals surface area contributed by atoms with E-state index in [1.165, 1.54) is 30.5 Å². The zero-order chi connectivity index (χ0) is 21.3. The number of H-pyrrole nitrogens is 1. The van der Waals surface area contributed by atoms with E-state index in [1.807, 2.05) is 0 Å². The average molecular weight is 460 g/mol. The number of ketones is 1. The molecular formula is C21H15Cl2N3O3S. The van der Waals surface area contributed by atoms with E-state index in [4.69, 9.17) is 23.2 Å². The van der Waals surface area contributed by atoms with Gasteiger partial charge in [0.25, 0.3) is 0 Å².